The van der Waals surface area contributed by atoms with Crippen LogP contribution < -0.4 is 4.74 Å². The van der Waals surface area contributed by atoms with Crippen molar-refractivity contribution >= 4 is 17.6 Å². The molecule has 1 aromatic heterocycles. The van der Waals surface area contributed by atoms with E-state index in [4.69, 9.17) is 16.3 Å². The third-order valence-corrected chi connectivity index (χ3v) is 1.51. The van der Waals surface area contributed by atoms with Crippen LogP contribution in [-0.2, 0) is 10.7 Å². The van der Waals surface area contributed by atoms with Crippen LogP contribution in [0, 0.1) is 0 Å². The van der Waals surface area contributed by atoms with Crippen LogP contribution in [0.2, 0.25) is 0 Å². The Bertz CT molecular complexity index is 271. The van der Waals surface area contributed by atoms with E-state index < -0.39 is 0 Å². The number of aromatic nitrogens is 1. The maximum absolute atomic E-state index is 10.5. The van der Waals surface area contributed by atoms with E-state index in [1.807, 2.05) is 0 Å². The van der Waals surface area contributed by atoms with Crippen molar-refractivity contribution in [3.8, 4) is 5.88 Å². The Kier molecular flexibility index (Phi) is 3.05. The maximum atomic E-state index is 10.5. The Labute approximate surface area is 75.3 Å². The smallest absolute Gasteiger partial charge is 0.309 e. The van der Waals surface area contributed by atoms with Gasteiger partial charge in [-0.3, -0.25) is 4.79 Å². The summed E-state index contributed by atoms with van der Waals surface area (Å²) in [5, 5.41) is 0. The van der Waals surface area contributed by atoms with E-state index in [1.165, 1.54) is 6.92 Å². The van der Waals surface area contributed by atoms with E-state index in [-0.39, 0.29) is 5.97 Å². The largest absolute Gasteiger partial charge is 0.408 e. The number of hydrogen-bond donors (Lipinski definition) is 0. The number of nitrogens with zero attached hydrogens (tertiary/aromatic N) is 1. The number of carbonyl (C=O) groups is 1. The number of alkyl halides is 1. The molecule has 0 unspecified atom stereocenters. The van der Waals surface area contributed by atoms with Crippen LogP contribution in [0.25, 0.3) is 0 Å². The fourth-order valence-corrected chi connectivity index (χ4v) is 0.856. The van der Waals surface area contributed by atoms with Crippen molar-refractivity contribution in [1.29, 1.82) is 0 Å². The number of pyridine rings is 1. The predicted octanol–water partition coefficient (Wildman–Crippen LogP) is 1.75. The maximum Gasteiger partial charge on any atom is 0.309 e. The molecule has 1 aromatic rings. The minimum absolute atomic E-state index is 0.302. The lowest BCUT2D eigenvalue weighted by Crippen LogP contribution is -2.02. The predicted molar refractivity (Wildman–Crippen MR) is 45.1 cm³/mol. The summed E-state index contributed by atoms with van der Waals surface area (Å²) in [7, 11) is 0. The minimum Gasteiger partial charge on any atom is -0.408 e. The molecule has 0 amide bonds. The van der Waals surface area contributed by atoms with Crippen molar-refractivity contribution in [1.82, 2.24) is 4.98 Å². The molecule has 1 heterocycles. The second-order valence-electron chi connectivity index (χ2n) is 2.23. The molecule has 0 aliphatic rings. The number of ether oxygens (including phenoxy) is 1. The summed E-state index contributed by atoms with van der Waals surface area (Å²) < 4.78 is 4.72. The highest BCUT2D eigenvalue weighted by Gasteiger charge is 1.98. The van der Waals surface area contributed by atoms with E-state index in [1.54, 1.807) is 18.3 Å². The Morgan fingerprint density at radius 1 is 1.67 bits per heavy atom. The van der Waals surface area contributed by atoms with Crippen molar-refractivity contribution in [2.24, 2.45) is 0 Å². The third kappa shape index (κ3) is 2.51. The summed E-state index contributed by atoms with van der Waals surface area (Å²) in [6.45, 7) is 1.33. The van der Waals surface area contributed by atoms with Crippen molar-refractivity contribution in [2.45, 2.75) is 12.8 Å². The Hall–Kier alpha value is -1.09. The van der Waals surface area contributed by atoms with Crippen LogP contribution in [0.5, 0.6) is 5.88 Å². The molecule has 0 radical (unpaired) electrons. The van der Waals surface area contributed by atoms with E-state index in [0.29, 0.717) is 11.8 Å². The highest BCUT2D eigenvalue weighted by molar-refractivity contribution is 6.17. The molecule has 0 aromatic carbocycles. The fraction of sp³-hybridized carbons (Fsp3) is 0.250. The van der Waals surface area contributed by atoms with Crippen molar-refractivity contribution in [3.05, 3.63) is 23.9 Å². The van der Waals surface area contributed by atoms with Gasteiger partial charge in [0.2, 0.25) is 5.88 Å². The molecule has 3 nitrogen and oxygen atoms in total. The SMILES string of the molecule is CC(=O)Oc1ccc(CCl)cn1. The number of rotatable bonds is 2. The van der Waals surface area contributed by atoms with Crippen LogP contribution >= 0.6 is 11.6 Å². The molecule has 0 aliphatic carbocycles. The molecule has 0 saturated heterocycles. The molecular formula is C8H8ClNO2. The average molecular weight is 186 g/mol. The quantitative estimate of drug-likeness (QED) is 0.521. The Balaban J connectivity index is 2.71. The summed E-state index contributed by atoms with van der Waals surface area (Å²) in [6.07, 6.45) is 1.57. The van der Waals surface area contributed by atoms with Crippen LogP contribution in [0.4, 0.5) is 0 Å². The summed E-state index contributed by atoms with van der Waals surface area (Å²) in [6, 6.07) is 3.37. The van der Waals surface area contributed by atoms with Crippen molar-refractivity contribution < 1.29 is 9.53 Å². The Morgan fingerprint density at radius 3 is 2.83 bits per heavy atom. The molecule has 0 bridgehead atoms. The van der Waals surface area contributed by atoms with Gasteiger partial charge in [0, 0.05) is 25.1 Å². The lowest BCUT2D eigenvalue weighted by Gasteiger charge is -1.99. The average Bonchev–Trinajstić information content (AvgIpc) is 2.05. The van der Waals surface area contributed by atoms with Crippen LogP contribution in [-0.4, -0.2) is 11.0 Å². The van der Waals surface area contributed by atoms with Crippen molar-refractivity contribution in [2.75, 3.05) is 0 Å². The first-order valence-corrected chi connectivity index (χ1v) is 3.95. The molecule has 64 valence electrons. The summed E-state index contributed by atoms with van der Waals surface area (Å²) >= 11 is 5.54. The number of carbonyl (C=O) groups excluding carboxylic acids is 1. The van der Waals surface area contributed by atoms with Gasteiger partial charge in [0.25, 0.3) is 0 Å². The molecule has 0 saturated carbocycles. The molecule has 0 aliphatic heterocycles. The monoisotopic (exact) mass is 185 g/mol. The van der Waals surface area contributed by atoms with Gasteiger partial charge in [-0.15, -0.1) is 11.6 Å². The summed E-state index contributed by atoms with van der Waals surface area (Å²) in [5.74, 6) is 0.338. The first-order chi connectivity index (χ1) is 5.72. The van der Waals surface area contributed by atoms with Gasteiger partial charge in [0.05, 0.1) is 0 Å². The first kappa shape index (κ1) is 9.00. The standard InChI is InChI=1S/C8H8ClNO2/c1-6(11)12-8-3-2-7(4-9)5-10-8/h2-3,5H,4H2,1H3. The van der Waals surface area contributed by atoms with E-state index in [0.717, 1.165) is 5.56 Å². The van der Waals surface area contributed by atoms with Gasteiger partial charge in [-0.1, -0.05) is 6.07 Å². The molecule has 0 spiro atoms. The fourth-order valence-electron chi connectivity index (χ4n) is 0.698. The number of hydrogen-bond acceptors (Lipinski definition) is 3. The second kappa shape index (κ2) is 4.07. The molecule has 4 heteroatoms. The second-order valence-corrected chi connectivity index (χ2v) is 2.50. The summed E-state index contributed by atoms with van der Waals surface area (Å²) in [5.41, 5.74) is 0.896. The van der Waals surface area contributed by atoms with Gasteiger partial charge >= 0.3 is 5.97 Å². The van der Waals surface area contributed by atoms with E-state index in [2.05, 4.69) is 4.98 Å². The molecule has 0 atom stereocenters. The van der Waals surface area contributed by atoms with E-state index in [9.17, 15) is 4.79 Å². The van der Waals surface area contributed by atoms with E-state index >= 15 is 0 Å². The molecule has 0 fully saturated rings. The van der Waals surface area contributed by atoms with Gasteiger partial charge < -0.3 is 4.74 Å². The molecule has 12 heavy (non-hydrogen) atoms. The van der Waals surface area contributed by atoms with Gasteiger partial charge in [0.15, 0.2) is 0 Å². The van der Waals surface area contributed by atoms with Gasteiger partial charge in [-0.2, -0.15) is 0 Å². The molecule has 1 rings (SSSR count). The number of esters is 1. The topological polar surface area (TPSA) is 39.2 Å². The minimum atomic E-state index is -0.374. The Morgan fingerprint density at radius 2 is 2.42 bits per heavy atom. The molecule has 0 N–H and O–H groups in total. The zero-order valence-corrected chi connectivity index (χ0v) is 7.34. The first-order valence-electron chi connectivity index (χ1n) is 3.41. The third-order valence-electron chi connectivity index (χ3n) is 1.20. The molecular weight excluding hydrogens is 178 g/mol. The zero-order chi connectivity index (χ0) is 8.97. The lowest BCUT2D eigenvalue weighted by molar-refractivity contribution is -0.132. The van der Waals surface area contributed by atoms with Gasteiger partial charge in [-0.05, 0) is 5.56 Å². The normalized spacial score (nSPS) is 9.50. The van der Waals surface area contributed by atoms with Crippen molar-refractivity contribution in [3.63, 3.8) is 0 Å². The van der Waals surface area contributed by atoms with Gasteiger partial charge in [0.1, 0.15) is 0 Å². The number of halogens is 1. The zero-order valence-electron chi connectivity index (χ0n) is 6.58. The lowest BCUT2D eigenvalue weighted by atomic mass is 10.3. The van der Waals surface area contributed by atoms with Crippen LogP contribution in [0.3, 0.4) is 0 Å². The van der Waals surface area contributed by atoms with Crippen LogP contribution in [0.15, 0.2) is 18.3 Å². The summed E-state index contributed by atoms with van der Waals surface area (Å²) in [4.78, 5) is 14.3. The van der Waals surface area contributed by atoms with Gasteiger partial charge in [-0.25, -0.2) is 4.98 Å². The van der Waals surface area contributed by atoms with Crippen LogP contribution in [0.1, 0.15) is 12.5 Å². The highest BCUT2D eigenvalue weighted by atomic mass is 35.5. The highest BCUT2D eigenvalue weighted by Crippen LogP contribution is 2.08.